The van der Waals surface area contributed by atoms with Gasteiger partial charge >= 0.3 is 0 Å². The molecule has 3 N–H and O–H groups in total. The molecule has 18 heavy (non-hydrogen) atoms. The molecule has 1 heterocycles. The first-order valence-electron chi connectivity index (χ1n) is 5.40. The van der Waals surface area contributed by atoms with Crippen LogP contribution in [0.25, 0.3) is 0 Å². The Morgan fingerprint density at radius 3 is 2.83 bits per heavy atom. The van der Waals surface area contributed by atoms with Gasteiger partial charge in [-0.05, 0) is 30.3 Å². The standard InChI is InChI=1S/C13H12ClN3O/c14-11-5-4-9(13(15)18)7-12(11)17-8-10-3-1-2-6-16-10/h1-7,17H,8H2,(H2,15,18). The molecule has 0 unspecified atom stereocenters. The third-order valence-electron chi connectivity index (χ3n) is 2.44. The van der Waals surface area contributed by atoms with E-state index in [0.29, 0.717) is 22.8 Å². The van der Waals surface area contributed by atoms with Gasteiger partial charge in [0.15, 0.2) is 0 Å². The van der Waals surface area contributed by atoms with Crippen molar-refractivity contribution in [2.75, 3.05) is 5.32 Å². The number of benzene rings is 1. The van der Waals surface area contributed by atoms with E-state index in [1.165, 1.54) is 0 Å². The molecule has 0 aliphatic carbocycles. The first-order chi connectivity index (χ1) is 8.66. The number of carbonyl (C=O) groups excluding carboxylic acids is 1. The number of anilines is 1. The largest absolute Gasteiger partial charge is 0.378 e. The second-order valence-electron chi connectivity index (χ2n) is 3.73. The van der Waals surface area contributed by atoms with Gasteiger partial charge in [0.2, 0.25) is 5.91 Å². The maximum atomic E-state index is 11.1. The lowest BCUT2D eigenvalue weighted by Gasteiger charge is -2.09. The summed E-state index contributed by atoms with van der Waals surface area (Å²) in [6.45, 7) is 0.531. The fraction of sp³-hybridized carbons (Fsp3) is 0.0769. The quantitative estimate of drug-likeness (QED) is 0.888. The van der Waals surface area contributed by atoms with Crippen LogP contribution in [0.2, 0.25) is 5.02 Å². The zero-order valence-corrected chi connectivity index (χ0v) is 10.3. The van der Waals surface area contributed by atoms with Gasteiger partial charge in [-0.2, -0.15) is 0 Å². The van der Waals surface area contributed by atoms with Crippen LogP contribution in [-0.2, 0) is 6.54 Å². The highest BCUT2D eigenvalue weighted by Crippen LogP contribution is 2.23. The van der Waals surface area contributed by atoms with Gasteiger partial charge in [-0.15, -0.1) is 0 Å². The molecule has 2 rings (SSSR count). The number of nitrogens with one attached hydrogen (secondary N) is 1. The Balaban J connectivity index is 2.14. The number of hydrogen-bond acceptors (Lipinski definition) is 3. The summed E-state index contributed by atoms with van der Waals surface area (Å²) in [5, 5.41) is 3.66. The summed E-state index contributed by atoms with van der Waals surface area (Å²) in [5.41, 5.74) is 7.19. The lowest BCUT2D eigenvalue weighted by atomic mass is 10.2. The average molecular weight is 262 g/mol. The van der Waals surface area contributed by atoms with Crippen LogP contribution in [0.15, 0.2) is 42.6 Å². The molecule has 4 nitrogen and oxygen atoms in total. The van der Waals surface area contributed by atoms with E-state index in [1.807, 2.05) is 18.2 Å². The molecule has 92 valence electrons. The first-order valence-corrected chi connectivity index (χ1v) is 5.78. The molecule has 1 aromatic heterocycles. The molecule has 0 radical (unpaired) electrons. The highest BCUT2D eigenvalue weighted by Gasteiger charge is 2.05. The number of primary amides is 1. The lowest BCUT2D eigenvalue weighted by molar-refractivity contribution is 0.100. The molecule has 0 aliphatic rings. The van der Waals surface area contributed by atoms with Crippen LogP contribution >= 0.6 is 11.6 Å². The summed E-state index contributed by atoms with van der Waals surface area (Å²) in [5.74, 6) is -0.479. The maximum Gasteiger partial charge on any atom is 0.248 e. The predicted molar refractivity (Wildman–Crippen MR) is 71.5 cm³/mol. The van der Waals surface area contributed by atoms with Crippen LogP contribution in [0.5, 0.6) is 0 Å². The van der Waals surface area contributed by atoms with Crippen molar-refractivity contribution in [3.8, 4) is 0 Å². The minimum Gasteiger partial charge on any atom is -0.378 e. The van der Waals surface area contributed by atoms with E-state index in [1.54, 1.807) is 24.4 Å². The molecule has 0 saturated carbocycles. The van der Waals surface area contributed by atoms with Crippen molar-refractivity contribution in [3.05, 3.63) is 58.9 Å². The van der Waals surface area contributed by atoms with Crippen molar-refractivity contribution in [3.63, 3.8) is 0 Å². The van der Waals surface area contributed by atoms with Crippen LogP contribution in [0.3, 0.4) is 0 Å². The second-order valence-corrected chi connectivity index (χ2v) is 4.14. The molecule has 0 atom stereocenters. The highest BCUT2D eigenvalue weighted by atomic mass is 35.5. The van der Waals surface area contributed by atoms with E-state index in [4.69, 9.17) is 17.3 Å². The van der Waals surface area contributed by atoms with Gasteiger partial charge < -0.3 is 11.1 Å². The Morgan fingerprint density at radius 1 is 1.33 bits per heavy atom. The number of hydrogen-bond donors (Lipinski definition) is 2. The van der Waals surface area contributed by atoms with Crippen LogP contribution in [0.4, 0.5) is 5.69 Å². The predicted octanol–water partition coefficient (Wildman–Crippen LogP) is 2.45. The molecular weight excluding hydrogens is 250 g/mol. The van der Waals surface area contributed by atoms with Crippen LogP contribution in [-0.4, -0.2) is 10.9 Å². The Hall–Kier alpha value is -2.07. The minimum atomic E-state index is -0.479. The van der Waals surface area contributed by atoms with Crippen molar-refractivity contribution in [1.29, 1.82) is 0 Å². The van der Waals surface area contributed by atoms with Gasteiger partial charge in [-0.1, -0.05) is 17.7 Å². The molecule has 1 amide bonds. The number of carbonyl (C=O) groups is 1. The van der Waals surface area contributed by atoms with Gasteiger partial charge in [0.1, 0.15) is 0 Å². The summed E-state index contributed by atoms with van der Waals surface area (Å²) >= 11 is 6.03. The van der Waals surface area contributed by atoms with Crippen LogP contribution < -0.4 is 11.1 Å². The van der Waals surface area contributed by atoms with Gasteiger partial charge in [-0.25, -0.2) is 0 Å². The summed E-state index contributed by atoms with van der Waals surface area (Å²) in [6, 6.07) is 10.5. The number of pyridine rings is 1. The number of aromatic nitrogens is 1. The number of nitrogens with zero attached hydrogens (tertiary/aromatic N) is 1. The molecule has 0 saturated heterocycles. The molecular formula is C13H12ClN3O. The van der Waals surface area contributed by atoms with Gasteiger partial charge in [0, 0.05) is 11.8 Å². The fourth-order valence-corrected chi connectivity index (χ4v) is 1.69. The molecule has 0 fully saturated rings. The van der Waals surface area contributed by atoms with Crippen molar-refractivity contribution in [1.82, 2.24) is 4.98 Å². The van der Waals surface area contributed by atoms with E-state index in [-0.39, 0.29) is 0 Å². The van der Waals surface area contributed by atoms with E-state index in [9.17, 15) is 4.79 Å². The lowest BCUT2D eigenvalue weighted by Crippen LogP contribution is -2.11. The molecule has 0 spiro atoms. The van der Waals surface area contributed by atoms with E-state index in [2.05, 4.69) is 10.3 Å². The first kappa shape index (κ1) is 12.4. The SMILES string of the molecule is NC(=O)c1ccc(Cl)c(NCc2ccccn2)c1. The summed E-state index contributed by atoms with van der Waals surface area (Å²) in [6.07, 6.45) is 1.72. The Bertz CT molecular complexity index is 557. The Morgan fingerprint density at radius 2 is 2.17 bits per heavy atom. The summed E-state index contributed by atoms with van der Waals surface area (Å²) in [7, 11) is 0. The molecule has 2 aromatic rings. The monoisotopic (exact) mass is 261 g/mol. The molecule has 1 aromatic carbocycles. The molecule has 5 heteroatoms. The zero-order valence-electron chi connectivity index (χ0n) is 9.56. The summed E-state index contributed by atoms with van der Waals surface area (Å²) in [4.78, 5) is 15.3. The number of rotatable bonds is 4. The molecule has 0 aliphatic heterocycles. The fourth-order valence-electron chi connectivity index (χ4n) is 1.50. The van der Waals surface area contributed by atoms with Crippen molar-refractivity contribution < 1.29 is 4.79 Å². The number of amides is 1. The van der Waals surface area contributed by atoms with Gasteiger partial charge in [0.25, 0.3) is 0 Å². The van der Waals surface area contributed by atoms with E-state index >= 15 is 0 Å². The van der Waals surface area contributed by atoms with E-state index < -0.39 is 5.91 Å². The van der Waals surface area contributed by atoms with Gasteiger partial charge in [-0.3, -0.25) is 9.78 Å². The third kappa shape index (κ3) is 2.99. The minimum absolute atomic E-state index is 0.419. The normalized spacial score (nSPS) is 10.1. The average Bonchev–Trinajstić information content (AvgIpc) is 2.38. The van der Waals surface area contributed by atoms with Crippen molar-refractivity contribution in [2.45, 2.75) is 6.54 Å². The van der Waals surface area contributed by atoms with Crippen molar-refractivity contribution in [2.24, 2.45) is 5.73 Å². The van der Waals surface area contributed by atoms with Crippen LogP contribution in [0, 0.1) is 0 Å². The topological polar surface area (TPSA) is 68.0 Å². The van der Waals surface area contributed by atoms with E-state index in [0.717, 1.165) is 5.69 Å². The Labute approximate surface area is 110 Å². The highest BCUT2D eigenvalue weighted by molar-refractivity contribution is 6.33. The smallest absolute Gasteiger partial charge is 0.248 e. The summed E-state index contributed by atoms with van der Waals surface area (Å²) < 4.78 is 0. The van der Waals surface area contributed by atoms with Gasteiger partial charge in [0.05, 0.1) is 22.9 Å². The van der Waals surface area contributed by atoms with Crippen LogP contribution in [0.1, 0.15) is 16.1 Å². The number of halogens is 1. The van der Waals surface area contributed by atoms with Crippen molar-refractivity contribution >= 4 is 23.2 Å². The third-order valence-corrected chi connectivity index (χ3v) is 2.77. The second kappa shape index (κ2) is 5.51. The number of nitrogens with two attached hydrogens (primary N) is 1. The molecule has 0 bridgehead atoms. The maximum absolute atomic E-state index is 11.1. The zero-order chi connectivity index (χ0) is 13.0. The Kier molecular flexibility index (Phi) is 3.79.